The predicted octanol–water partition coefficient (Wildman–Crippen LogP) is 3.02. The van der Waals surface area contributed by atoms with Crippen LogP contribution in [0.15, 0.2) is 66.6 Å². The molecule has 1 amide bonds. The molecule has 1 aromatic heterocycles. The van der Waals surface area contributed by atoms with Crippen molar-refractivity contribution < 1.29 is 4.79 Å². The molecule has 25 heavy (non-hydrogen) atoms. The minimum absolute atomic E-state index is 0.0912. The first-order valence-corrected chi connectivity index (χ1v) is 8.19. The summed E-state index contributed by atoms with van der Waals surface area (Å²) in [5.74, 6) is -0.384. The summed E-state index contributed by atoms with van der Waals surface area (Å²) in [5, 5.41) is 12.1. The van der Waals surface area contributed by atoms with Crippen molar-refractivity contribution in [1.29, 1.82) is 5.26 Å². The molecule has 0 spiro atoms. The standard InChI is InChI=1S/C20H22N4O/c1-16(2)24(14-17-7-4-3-5-8-17)15-19(11-21)20(25)23-13-18-9-6-10-22-12-18/h3-10,12,15-16H,13-14H2,1-2H3,(H,23,25)/b19-15-. The number of nitriles is 1. The van der Waals surface area contributed by atoms with Crippen molar-refractivity contribution in [3.8, 4) is 6.07 Å². The second kappa shape index (κ2) is 9.24. The van der Waals surface area contributed by atoms with Gasteiger partial charge in [0.25, 0.3) is 5.91 Å². The fraction of sp³-hybridized carbons (Fsp3) is 0.250. The molecule has 2 rings (SSSR count). The minimum Gasteiger partial charge on any atom is -0.369 e. The van der Waals surface area contributed by atoms with E-state index >= 15 is 0 Å². The smallest absolute Gasteiger partial charge is 0.263 e. The van der Waals surface area contributed by atoms with E-state index in [-0.39, 0.29) is 17.5 Å². The lowest BCUT2D eigenvalue weighted by molar-refractivity contribution is -0.117. The highest BCUT2D eigenvalue weighted by Crippen LogP contribution is 2.11. The number of rotatable bonds is 7. The summed E-state index contributed by atoms with van der Waals surface area (Å²) in [6, 6.07) is 15.8. The number of nitrogens with one attached hydrogen (secondary N) is 1. The van der Waals surface area contributed by atoms with Gasteiger partial charge in [0.1, 0.15) is 11.6 Å². The van der Waals surface area contributed by atoms with Crippen LogP contribution in [0.5, 0.6) is 0 Å². The van der Waals surface area contributed by atoms with Crippen molar-refractivity contribution in [2.24, 2.45) is 0 Å². The van der Waals surface area contributed by atoms with Crippen molar-refractivity contribution in [3.63, 3.8) is 0 Å². The molecule has 0 radical (unpaired) electrons. The zero-order valence-corrected chi connectivity index (χ0v) is 14.5. The van der Waals surface area contributed by atoms with E-state index in [9.17, 15) is 10.1 Å². The Morgan fingerprint density at radius 2 is 1.96 bits per heavy atom. The summed E-state index contributed by atoms with van der Waals surface area (Å²) in [5.41, 5.74) is 2.10. The van der Waals surface area contributed by atoms with E-state index in [0.717, 1.165) is 11.1 Å². The van der Waals surface area contributed by atoms with Crippen LogP contribution in [0, 0.1) is 11.3 Å². The van der Waals surface area contributed by atoms with Gasteiger partial charge in [-0.1, -0.05) is 36.4 Å². The van der Waals surface area contributed by atoms with Crippen LogP contribution in [0.4, 0.5) is 0 Å². The molecular weight excluding hydrogens is 312 g/mol. The van der Waals surface area contributed by atoms with E-state index in [1.807, 2.05) is 67.3 Å². The fourth-order valence-corrected chi connectivity index (χ4v) is 2.26. The molecule has 0 unspecified atom stereocenters. The van der Waals surface area contributed by atoms with Crippen LogP contribution in [0.25, 0.3) is 0 Å². The number of aromatic nitrogens is 1. The molecule has 0 aliphatic heterocycles. The van der Waals surface area contributed by atoms with Gasteiger partial charge in [-0.15, -0.1) is 0 Å². The van der Waals surface area contributed by atoms with Crippen LogP contribution in [-0.2, 0) is 17.9 Å². The van der Waals surface area contributed by atoms with Crippen molar-refractivity contribution in [2.75, 3.05) is 0 Å². The monoisotopic (exact) mass is 334 g/mol. The number of benzene rings is 1. The van der Waals surface area contributed by atoms with Crippen LogP contribution in [0.3, 0.4) is 0 Å². The Balaban J connectivity index is 2.07. The molecule has 0 fully saturated rings. The highest BCUT2D eigenvalue weighted by Gasteiger charge is 2.13. The lowest BCUT2D eigenvalue weighted by Gasteiger charge is -2.25. The maximum atomic E-state index is 12.3. The first-order chi connectivity index (χ1) is 12.1. The number of nitrogens with zero attached hydrogens (tertiary/aromatic N) is 3. The Labute approximate surface area is 148 Å². The third-order valence-corrected chi connectivity index (χ3v) is 3.71. The van der Waals surface area contributed by atoms with Crippen molar-refractivity contribution in [3.05, 3.63) is 77.8 Å². The fourth-order valence-electron chi connectivity index (χ4n) is 2.26. The molecule has 0 saturated heterocycles. The van der Waals surface area contributed by atoms with Gasteiger partial charge < -0.3 is 10.2 Å². The van der Waals surface area contributed by atoms with Gasteiger partial charge in [-0.2, -0.15) is 5.26 Å². The number of carbonyl (C=O) groups is 1. The summed E-state index contributed by atoms with van der Waals surface area (Å²) in [7, 11) is 0. The molecule has 0 atom stereocenters. The van der Waals surface area contributed by atoms with E-state index in [1.54, 1.807) is 18.6 Å². The minimum atomic E-state index is -0.384. The number of hydrogen-bond acceptors (Lipinski definition) is 4. The summed E-state index contributed by atoms with van der Waals surface area (Å²) in [6.07, 6.45) is 5.00. The molecule has 128 valence electrons. The second-order valence-electron chi connectivity index (χ2n) is 5.95. The average Bonchev–Trinajstić information content (AvgIpc) is 2.64. The Bertz CT molecular complexity index is 748. The van der Waals surface area contributed by atoms with Crippen molar-refractivity contribution in [1.82, 2.24) is 15.2 Å². The Morgan fingerprint density at radius 1 is 1.24 bits per heavy atom. The van der Waals surface area contributed by atoms with Crippen LogP contribution in [0.1, 0.15) is 25.0 Å². The predicted molar refractivity (Wildman–Crippen MR) is 96.9 cm³/mol. The first-order valence-electron chi connectivity index (χ1n) is 8.19. The Hall–Kier alpha value is -3.13. The Kier molecular flexibility index (Phi) is 6.73. The van der Waals surface area contributed by atoms with Crippen LogP contribution in [-0.4, -0.2) is 21.8 Å². The molecule has 1 N–H and O–H groups in total. The molecule has 1 aromatic carbocycles. The summed E-state index contributed by atoms with van der Waals surface area (Å²) >= 11 is 0. The molecule has 5 heteroatoms. The average molecular weight is 334 g/mol. The van der Waals surface area contributed by atoms with Gasteiger partial charge in [0.15, 0.2) is 0 Å². The molecule has 0 aliphatic rings. The highest BCUT2D eigenvalue weighted by atomic mass is 16.1. The zero-order valence-electron chi connectivity index (χ0n) is 14.5. The number of amides is 1. The molecule has 1 heterocycles. The topological polar surface area (TPSA) is 69.0 Å². The van der Waals surface area contributed by atoms with Crippen LogP contribution < -0.4 is 5.32 Å². The van der Waals surface area contributed by atoms with E-state index in [4.69, 9.17) is 0 Å². The number of hydrogen-bond donors (Lipinski definition) is 1. The number of pyridine rings is 1. The SMILES string of the molecule is CC(C)N(/C=C(/C#N)C(=O)NCc1cccnc1)Cc1ccccc1. The molecule has 5 nitrogen and oxygen atoms in total. The van der Waals surface area contributed by atoms with E-state index in [1.165, 1.54) is 0 Å². The third kappa shape index (κ3) is 5.78. The van der Waals surface area contributed by atoms with Gasteiger partial charge in [0, 0.05) is 37.7 Å². The number of carbonyl (C=O) groups excluding carboxylic acids is 1. The van der Waals surface area contributed by atoms with Crippen molar-refractivity contribution in [2.45, 2.75) is 33.0 Å². The summed E-state index contributed by atoms with van der Waals surface area (Å²) in [6.45, 7) is 5.04. The Morgan fingerprint density at radius 3 is 2.56 bits per heavy atom. The van der Waals surface area contributed by atoms with Gasteiger partial charge in [0.05, 0.1) is 0 Å². The van der Waals surface area contributed by atoms with Crippen LogP contribution >= 0.6 is 0 Å². The quantitative estimate of drug-likeness (QED) is 0.624. The van der Waals surface area contributed by atoms with Gasteiger partial charge >= 0.3 is 0 Å². The van der Waals surface area contributed by atoms with Gasteiger partial charge in [0.2, 0.25) is 0 Å². The lowest BCUT2D eigenvalue weighted by atomic mass is 10.2. The summed E-state index contributed by atoms with van der Waals surface area (Å²) in [4.78, 5) is 18.3. The molecular formula is C20H22N4O. The van der Waals surface area contributed by atoms with Crippen molar-refractivity contribution >= 4 is 5.91 Å². The lowest BCUT2D eigenvalue weighted by Crippen LogP contribution is -2.29. The van der Waals surface area contributed by atoms with Crippen LogP contribution in [0.2, 0.25) is 0 Å². The van der Waals surface area contributed by atoms with Gasteiger partial charge in [-0.25, -0.2) is 0 Å². The van der Waals surface area contributed by atoms with E-state index in [2.05, 4.69) is 10.3 Å². The third-order valence-electron chi connectivity index (χ3n) is 3.71. The first kappa shape index (κ1) is 18.2. The van der Waals surface area contributed by atoms with E-state index in [0.29, 0.717) is 13.1 Å². The molecule has 0 aliphatic carbocycles. The maximum Gasteiger partial charge on any atom is 0.263 e. The van der Waals surface area contributed by atoms with Gasteiger partial charge in [-0.3, -0.25) is 9.78 Å². The second-order valence-corrected chi connectivity index (χ2v) is 5.95. The van der Waals surface area contributed by atoms with Gasteiger partial charge in [-0.05, 0) is 31.0 Å². The molecule has 2 aromatic rings. The normalized spacial score (nSPS) is 11.0. The highest BCUT2D eigenvalue weighted by molar-refractivity contribution is 5.97. The molecule has 0 saturated carbocycles. The molecule has 0 bridgehead atoms. The zero-order chi connectivity index (χ0) is 18.1. The largest absolute Gasteiger partial charge is 0.369 e. The summed E-state index contributed by atoms with van der Waals surface area (Å²) < 4.78 is 0. The van der Waals surface area contributed by atoms with E-state index < -0.39 is 0 Å². The maximum absolute atomic E-state index is 12.3.